The van der Waals surface area contributed by atoms with E-state index in [0.717, 1.165) is 30.6 Å². The van der Waals surface area contributed by atoms with Gasteiger partial charge < -0.3 is 19.5 Å². The second-order valence-corrected chi connectivity index (χ2v) is 5.61. The van der Waals surface area contributed by atoms with E-state index in [9.17, 15) is 9.90 Å². The maximum atomic E-state index is 12.3. The third-order valence-electron chi connectivity index (χ3n) is 4.15. The number of carbonyl (C=O) groups is 1. The number of nitrogens with zero attached hydrogens (tertiary/aromatic N) is 1. The molecule has 1 heterocycles. The first-order chi connectivity index (χ1) is 10.7. The summed E-state index contributed by atoms with van der Waals surface area (Å²) in [5.74, 6) is 0.784. The standard InChI is InChI=1S/C17H25NO4/c1-3-4-10-22-17(20)18-9-8-14(12-19)16(18)13-6-5-7-15(11-13)21-2/h5-7,11,14,16,19H,3-4,8-10,12H2,1-2H3. The maximum absolute atomic E-state index is 12.3. The second-order valence-electron chi connectivity index (χ2n) is 5.61. The first-order valence-electron chi connectivity index (χ1n) is 7.89. The molecule has 0 radical (unpaired) electrons. The van der Waals surface area contributed by atoms with Gasteiger partial charge in [0.25, 0.3) is 0 Å². The SMILES string of the molecule is CCCCOC(=O)N1CCC(CO)C1c1cccc(OC)c1. The second kappa shape index (κ2) is 8.03. The topological polar surface area (TPSA) is 59.0 Å². The van der Waals surface area contributed by atoms with Crippen LogP contribution in [0.2, 0.25) is 0 Å². The van der Waals surface area contributed by atoms with E-state index < -0.39 is 0 Å². The lowest BCUT2D eigenvalue weighted by atomic mass is 9.94. The van der Waals surface area contributed by atoms with Crippen LogP contribution < -0.4 is 4.74 Å². The molecule has 1 aromatic rings. The molecule has 0 aliphatic carbocycles. The van der Waals surface area contributed by atoms with Gasteiger partial charge in [-0.1, -0.05) is 25.5 Å². The molecule has 0 spiro atoms. The molecule has 5 heteroatoms. The number of hydrogen-bond donors (Lipinski definition) is 1. The van der Waals surface area contributed by atoms with Crippen molar-refractivity contribution in [1.29, 1.82) is 0 Å². The van der Waals surface area contributed by atoms with Crippen molar-refractivity contribution in [3.05, 3.63) is 29.8 Å². The number of hydrogen-bond acceptors (Lipinski definition) is 4. The van der Waals surface area contributed by atoms with Crippen molar-refractivity contribution in [3.63, 3.8) is 0 Å². The summed E-state index contributed by atoms with van der Waals surface area (Å²) in [6.45, 7) is 3.17. The van der Waals surface area contributed by atoms with Crippen LogP contribution in [0.1, 0.15) is 37.8 Å². The van der Waals surface area contributed by atoms with E-state index in [0.29, 0.717) is 13.2 Å². The molecule has 2 unspecified atom stereocenters. The Morgan fingerprint density at radius 3 is 2.95 bits per heavy atom. The van der Waals surface area contributed by atoms with Gasteiger partial charge in [-0.15, -0.1) is 0 Å². The molecular weight excluding hydrogens is 282 g/mol. The molecule has 122 valence electrons. The number of benzene rings is 1. The Morgan fingerprint density at radius 2 is 2.27 bits per heavy atom. The van der Waals surface area contributed by atoms with Crippen molar-refractivity contribution in [2.45, 2.75) is 32.2 Å². The van der Waals surface area contributed by atoms with Gasteiger partial charge in [0.2, 0.25) is 0 Å². The van der Waals surface area contributed by atoms with Crippen LogP contribution in [0.5, 0.6) is 5.75 Å². The predicted molar refractivity (Wildman–Crippen MR) is 83.9 cm³/mol. The van der Waals surface area contributed by atoms with Crippen molar-refractivity contribution >= 4 is 6.09 Å². The number of carbonyl (C=O) groups excluding carboxylic acids is 1. The molecule has 5 nitrogen and oxygen atoms in total. The summed E-state index contributed by atoms with van der Waals surface area (Å²) in [7, 11) is 1.62. The molecule has 1 aromatic carbocycles. The minimum absolute atomic E-state index is 0.0332. The van der Waals surface area contributed by atoms with Crippen LogP contribution in [0, 0.1) is 5.92 Å². The molecule has 2 atom stereocenters. The van der Waals surface area contributed by atoms with Crippen molar-refractivity contribution in [2.24, 2.45) is 5.92 Å². The zero-order valence-corrected chi connectivity index (χ0v) is 13.3. The van der Waals surface area contributed by atoms with E-state index in [1.807, 2.05) is 24.3 Å². The number of aliphatic hydroxyl groups excluding tert-OH is 1. The van der Waals surface area contributed by atoms with E-state index in [1.165, 1.54) is 0 Å². The monoisotopic (exact) mass is 307 g/mol. The van der Waals surface area contributed by atoms with Crippen LogP contribution in [0.4, 0.5) is 4.79 Å². The van der Waals surface area contributed by atoms with Gasteiger partial charge in [-0.05, 0) is 30.5 Å². The van der Waals surface area contributed by atoms with Crippen LogP contribution in [0.3, 0.4) is 0 Å². The van der Waals surface area contributed by atoms with E-state index in [2.05, 4.69) is 6.92 Å². The zero-order valence-electron chi connectivity index (χ0n) is 13.3. The fourth-order valence-corrected chi connectivity index (χ4v) is 2.92. The highest BCUT2D eigenvalue weighted by atomic mass is 16.6. The van der Waals surface area contributed by atoms with Gasteiger partial charge >= 0.3 is 6.09 Å². The molecule has 1 amide bonds. The number of rotatable bonds is 6. The van der Waals surface area contributed by atoms with Crippen molar-refractivity contribution in [3.8, 4) is 5.75 Å². The average Bonchev–Trinajstić information content (AvgIpc) is 2.99. The molecular formula is C17H25NO4. The smallest absolute Gasteiger partial charge is 0.410 e. The molecule has 1 aliphatic rings. The predicted octanol–water partition coefficient (Wildman–Crippen LogP) is 2.99. The molecule has 1 saturated heterocycles. The summed E-state index contributed by atoms with van der Waals surface area (Å²) >= 11 is 0. The highest BCUT2D eigenvalue weighted by Gasteiger charge is 2.38. The van der Waals surface area contributed by atoms with Crippen LogP contribution in [-0.4, -0.2) is 43.0 Å². The zero-order chi connectivity index (χ0) is 15.9. The number of likely N-dealkylation sites (tertiary alicyclic amines) is 1. The maximum Gasteiger partial charge on any atom is 0.410 e. The first-order valence-corrected chi connectivity index (χ1v) is 7.89. The summed E-state index contributed by atoms with van der Waals surface area (Å²) < 4.78 is 10.6. The lowest BCUT2D eigenvalue weighted by Crippen LogP contribution is -2.33. The largest absolute Gasteiger partial charge is 0.497 e. The third-order valence-corrected chi connectivity index (χ3v) is 4.15. The number of amides is 1. The quantitative estimate of drug-likeness (QED) is 0.821. The van der Waals surface area contributed by atoms with E-state index in [-0.39, 0.29) is 24.7 Å². The van der Waals surface area contributed by atoms with Gasteiger partial charge in [0.1, 0.15) is 5.75 Å². The first kappa shape index (κ1) is 16.6. The van der Waals surface area contributed by atoms with Crippen molar-refractivity contribution in [1.82, 2.24) is 4.90 Å². The Morgan fingerprint density at radius 1 is 1.45 bits per heavy atom. The number of unbranched alkanes of at least 4 members (excludes halogenated alkanes) is 1. The van der Waals surface area contributed by atoms with Crippen LogP contribution in [-0.2, 0) is 4.74 Å². The third kappa shape index (κ3) is 3.71. The Bertz CT molecular complexity index is 491. The fraction of sp³-hybridized carbons (Fsp3) is 0.588. The molecule has 0 saturated carbocycles. The number of methoxy groups -OCH3 is 1. The molecule has 1 aliphatic heterocycles. The molecule has 0 bridgehead atoms. The van der Waals surface area contributed by atoms with Crippen molar-refractivity contribution in [2.75, 3.05) is 26.9 Å². The average molecular weight is 307 g/mol. The molecule has 1 fully saturated rings. The van der Waals surface area contributed by atoms with Gasteiger partial charge in [-0.3, -0.25) is 0 Å². The molecule has 1 N–H and O–H groups in total. The van der Waals surface area contributed by atoms with E-state index in [4.69, 9.17) is 9.47 Å². The minimum Gasteiger partial charge on any atom is -0.497 e. The van der Waals surface area contributed by atoms with Gasteiger partial charge in [0, 0.05) is 19.1 Å². The van der Waals surface area contributed by atoms with Gasteiger partial charge in [0.15, 0.2) is 0 Å². The van der Waals surface area contributed by atoms with Gasteiger partial charge in [0.05, 0.1) is 19.8 Å². The van der Waals surface area contributed by atoms with Crippen LogP contribution in [0.15, 0.2) is 24.3 Å². The summed E-state index contributed by atoms with van der Waals surface area (Å²) in [4.78, 5) is 14.0. The lowest BCUT2D eigenvalue weighted by Gasteiger charge is -2.27. The lowest BCUT2D eigenvalue weighted by molar-refractivity contribution is 0.0880. The van der Waals surface area contributed by atoms with Crippen molar-refractivity contribution < 1.29 is 19.4 Å². The molecule has 22 heavy (non-hydrogen) atoms. The number of aliphatic hydroxyl groups is 1. The Balaban J connectivity index is 2.16. The fourth-order valence-electron chi connectivity index (χ4n) is 2.92. The molecule has 0 aromatic heterocycles. The molecule has 2 rings (SSSR count). The van der Waals surface area contributed by atoms with E-state index >= 15 is 0 Å². The Kier molecular flexibility index (Phi) is 6.07. The van der Waals surface area contributed by atoms with Crippen LogP contribution >= 0.6 is 0 Å². The normalized spacial score (nSPS) is 21.0. The van der Waals surface area contributed by atoms with Gasteiger partial charge in [-0.2, -0.15) is 0 Å². The summed E-state index contributed by atoms with van der Waals surface area (Å²) in [5.41, 5.74) is 0.975. The highest BCUT2D eigenvalue weighted by Crippen LogP contribution is 2.38. The summed E-state index contributed by atoms with van der Waals surface area (Å²) in [6, 6.07) is 7.50. The minimum atomic E-state index is -0.294. The number of ether oxygens (including phenoxy) is 2. The van der Waals surface area contributed by atoms with Crippen LogP contribution in [0.25, 0.3) is 0 Å². The van der Waals surface area contributed by atoms with Gasteiger partial charge in [-0.25, -0.2) is 4.79 Å². The summed E-state index contributed by atoms with van der Waals surface area (Å²) in [5, 5.41) is 9.63. The summed E-state index contributed by atoms with van der Waals surface area (Å²) in [6.07, 6.45) is 2.34. The Hall–Kier alpha value is -1.75. The van der Waals surface area contributed by atoms with E-state index in [1.54, 1.807) is 12.0 Å². The Labute approximate surface area is 131 Å². The highest BCUT2D eigenvalue weighted by molar-refractivity contribution is 5.69.